The highest BCUT2D eigenvalue weighted by atomic mass is 16.2. The lowest BCUT2D eigenvalue weighted by molar-refractivity contribution is -0.132. The number of amides is 2. The second kappa shape index (κ2) is 5.73. The fraction of sp³-hybridized carbons (Fsp3) is 0.294. The van der Waals surface area contributed by atoms with Gasteiger partial charge in [-0.3, -0.25) is 9.59 Å². The summed E-state index contributed by atoms with van der Waals surface area (Å²) in [6.45, 7) is 3.35. The molecule has 2 amide bonds. The van der Waals surface area contributed by atoms with Crippen molar-refractivity contribution in [3.05, 3.63) is 47.3 Å². The first-order valence-corrected chi connectivity index (χ1v) is 8.08. The van der Waals surface area contributed by atoms with Crippen molar-refractivity contribution in [3.8, 4) is 0 Å². The number of nitrogens with one attached hydrogen (secondary N) is 1. The van der Waals surface area contributed by atoms with Crippen molar-refractivity contribution >= 4 is 22.8 Å². The van der Waals surface area contributed by atoms with Crippen LogP contribution in [0.2, 0.25) is 0 Å². The van der Waals surface area contributed by atoms with Crippen LogP contribution in [-0.4, -0.2) is 42.8 Å². The van der Waals surface area contributed by atoms with Gasteiger partial charge < -0.3 is 20.2 Å². The van der Waals surface area contributed by atoms with Crippen molar-refractivity contribution in [2.24, 2.45) is 5.73 Å². The van der Waals surface area contributed by atoms with Gasteiger partial charge in [-0.1, -0.05) is 6.07 Å². The van der Waals surface area contributed by atoms with E-state index in [-0.39, 0.29) is 5.91 Å². The summed E-state index contributed by atoms with van der Waals surface area (Å²) in [6.07, 6.45) is 1.79. The SMILES string of the molecule is Cc1nc2ccc(CC(=O)N3CCn4c(C(N)=O)cnc4C3)cc2[nH]1. The smallest absolute Gasteiger partial charge is 0.266 e. The highest BCUT2D eigenvalue weighted by Gasteiger charge is 2.24. The molecule has 3 N–H and O–H groups in total. The van der Waals surface area contributed by atoms with Crippen molar-refractivity contribution in [2.75, 3.05) is 6.54 Å². The Balaban J connectivity index is 1.50. The molecule has 0 saturated carbocycles. The first-order valence-electron chi connectivity index (χ1n) is 8.08. The average Bonchev–Trinajstić information content (AvgIpc) is 3.15. The van der Waals surface area contributed by atoms with Crippen molar-refractivity contribution in [1.29, 1.82) is 0 Å². The van der Waals surface area contributed by atoms with E-state index in [4.69, 9.17) is 5.73 Å². The number of imidazole rings is 2. The van der Waals surface area contributed by atoms with Gasteiger partial charge in [0.2, 0.25) is 5.91 Å². The Kier molecular flexibility index (Phi) is 3.52. The van der Waals surface area contributed by atoms with Crippen LogP contribution in [0.15, 0.2) is 24.4 Å². The Labute approximate surface area is 143 Å². The molecular weight excluding hydrogens is 320 g/mol. The fourth-order valence-corrected chi connectivity index (χ4v) is 3.25. The molecule has 1 aromatic carbocycles. The van der Waals surface area contributed by atoms with Crippen LogP contribution in [0.1, 0.15) is 27.7 Å². The van der Waals surface area contributed by atoms with Crippen LogP contribution in [-0.2, 0) is 24.3 Å². The molecule has 0 radical (unpaired) electrons. The number of rotatable bonds is 3. The minimum atomic E-state index is -0.498. The molecule has 1 aliphatic heterocycles. The van der Waals surface area contributed by atoms with Crippen LogP contribution in [0.3, 0.4) is 0 Å². The number of fused-ring (bicyclic) bond motifs is 2. The molecule has 0 bridgehead atoms. The third-order valence-corrected chi connectivity index (χ3v) is 4.49. The molecule has 128 valence electrons. The van der Waals surface area contributed by atoms with Gasteiger partial charge in [-0.15, -0.1) is 0 Å². The van der Waals surface area contributed by atoms with Gasteiger partial charge in [0.25, 0.3) is 5.91 Å². The molecule has 2 aromatic heterocycles. The largest absolute Gasteiger partial charge is 0.364 e. The number of hydrogen-bond donors (Lipinski definition) is 2. The summed E-state index contributed by atoms with van der Waals surface area (Å²) in [5.74, 6) is 1.08. The summed E-state index contributed by atoms with van der Waals surface area (Å²) in [5, 5.41) is 0. The molecule has 0 spiro atoms. The predicted molar refractivity (Wildman–Crippen MR) is 90.7 cm³/mol. The van der Waals surface area contributed by atoms with Crippen LogP contribution in [0, 0.1) is 6.92 Å². The van der Waals surface area contributed by atoms with E-state index in [0.29, 0.717) is 37.6 Å². The molecule has 8 nitrogen and oxygen atoms in total. The van der Waals surface area contributed by atoms with E-state index >= 15 is 0 Å². The van der Waals surface area contributed by atoms with Crippen LogP contribution >= 0.6 is 0 Å². The number of carbonyl (C=O) groups excluding carboxylic acids is 2. The summed E-state index contributed by atoms with van der Waals surface area (Å²) in [5.41, 5.74) is 8.50. The molecular formula is C17H18N6O2. The minimum absolute atomic E-state index is 0.0328. The molecule has 0 atom stereocenters. The standard InChI is InChI=1S/C17H18N6O2/c1-10-20-12-3-2-11(6-13(12)21-10)7-16(24)22-4-5-23-14(17(18)25)8-19-15(23)9-22/h2-3,6,8H,4-5,7,9H2,1H3,(H2,18,25)(H,20,21). The number of nitrogens with zero attached hydrogens (tertiary/aromatic N) is 4. The molecule has 25 heavy (non-hydrogen) atoms. The summed E-state index contributed by atoms with van der Waals surface area (Å²) < 4.78 is 1.78. The number of aromatic amines is 1. The average molecular weight is 338 g/mol. The van der Waals surface area contributed by atoms with Gasteiger partial charge in [-0.25, -0.2) is 9.97 Å². The number of carbonyl (C=O) groups is 2. The van der Waals surface area contributed by atoms with Gasteiger partial charge in [0.1, 0.15) is 17.3 Å². The first-order chi connectivity index (χ1) is 12.0. The normalized spacial score (nSPS) is 13.9. The Morgan fingerprint density at radius 3 is 2.96 bits per heavy atom. The zero-order valence-electron chi connectivity index (χ0n) is 13.8. The molecule has 0 aliphatic carbocycles. The molecule has 0 saturated heterocycles. The van der Waals surface area contributed by atoms with Crippen molar-refractivity contribution in [1.82, 2.24) is 24.4 Å². The Bertz CT molecular complexity index is 986. The van der Waals surface area contributed by atoms with E-state index in [1.165, 1.54) is 6.20 Å². The number of H-pyrrole nitrogens is 1. The second-order valence-electron chi connectivity index (χ2n) is 6.24. The quantitative estimate of drug-likeness (QED) is 0.734. The lowest BCUT2D eigenvalue weighted by Crippen LogP contribution is -2.40. The number of aromatic nitrogens is 4. The van der Waals surface area contributed by atoms with Gasteiger partial charge >= 0.3 is 0 Å². The van der Waals surface area contributed by atoms with Gasteiger partial charge in [0, 0.05) is 13.1 Å². The third-order valence-electron chi connectivity index (χ3n) is 4.49. The Hall–Kier alpha value is -3.16. The van der Waals surface area contributed by atoms with Gasteiger partial charge in [-0.05, 0) is 24.6 Å². The van der Waals surface area contributed by atoms with E-state index in [1.54, 1.807) is 9.47 Å². The summed E-state index contributed by atoms with van der Waals surface area (Å²) in [7, 11) is 0. The fourth-order valence-electron chi connectivity index (χ4n) is 3.25. The molecule has 8 heteroatoms. The minimum Gasteiger partial charge on any atom is -0.364 e. The van der Waals surface area contributed by atoms with Gasteiger partial charge in [-0.2, -0.15) is 0 Å². The second-order valence-corrected chi connectivity index (χ2v) is 6.24. The van der Waals surface area contributed by atoms with E-state index in [0.717, 1.165) is 22.4 Å². The lowest BCUT2D eigenvalue weighted by Gasteiger charge is -2.28. The zero-order chi connectivity index (χ0) is 17.6. The predicted octanol–water partition coefficient (Wildman–Crippen LogP) is 0.752. The van der Waals surface area contributed by atoms with E-state index in [2.05, 4.69) is 15.0 Å². The summed E-state index contributed by atoms with van der Waals surface area (Å²) in [4.78, 5) is 37.5. The maximum absolute atomic E-state index is 12.6. The van der Waals surface area contributed by atoms with Crippen molar-refractivity contribution < 1.29 is 9.59 Å². The first kappa shape index (κ1) is 15.4. The molecule has 3 heterocycles. The summed E-state index contributed by atoms with van der Waals surface area (Å²) in [6, 6.07) is 5.81. The Morgan fingerprint density at radius 2 is 2.16 bits per heavy atom. The molecule has 4 rings (SSSR count). The number of aryl methyl sites for hydroxylation is 1. The van der Waals surface area contributed by atoms with Crippen molar-refractivity contribution in [3.63, 3.8) is 0 Å². The molecule has 0 fully saturated rings. The van der Waals surface area contributed by atoms with Crippen LogP contribution in [0.5, 0.6) is 0 Å². The highest BCUT2D eigenvalue weighted by molar-refractivity contribution is 5.91. The lowest BCUT2D eigenvalue weighted by atomic mass is 10.1. The van der Waals surface area contributed by atoms with Gasteiger partial charge in [0.05, 0.1) is 30.2 Å². The molecule has 3 aromatic rings. The number of benzene rings is 1. The number of hydrogen-bond acceptors (Lipinski definition) is 4. The molecule has 0 unspecified atom stereocenters. The van der Waals surface area contributed by atoms with Crippen LogP contribution in [0.4, 0.5) is 0 Å². The highest BCUT2D eigenvalue weighted by Crippen LogP contribution is 2.17. The van der Waals surface area contributed by atoms with Crippen molar-refractivity contribution in [2.45, 2.75) is 26.4 Å². The summed E-state index contributed by atoms with van der Waals surface area (Å²) >= 11 is 0. The maximum Gasteiger partial charge on any atom is 0.266 e. The topological polar surface area (TPSA) is 110 Å². The van der Waals surface area contributed by atoms with E-state index in [9.17, 15) is 9.59 Å². The third kappa shape index (κ3) is 2.75. The number of nitrogens with two attached hydrogens (primary N) is 1. The zero-order valence-corrected chi connectivity index (χ0v) is 13.8. The van der Waals surface area contributed by atoms with Gasteiger partial charge in [0.15, 0.2) is 0 Å². The monoisotopic (exact) mass is 338 g/mol. The number of primary amides is 1. The van der Waals surface area contributed by atoms with Crippen LogP contribution in [0.25, 0.3) is 11.0 Å². The molecule has 1 aliphatic rings. The Morgan fingerprint density at radius 1 is 1.32 bits per heavy atom. The van der Waals surface area contributed by atoms with Crippen LogP contribution < -0.4 is 5.73 Å². The van der Waals surface area contributed by atoms with E-state index < -0.39 is 5.91 Å². The maximum atomic E-state index is 12.6. The van der Waals surface area contributed by atoms with E-state index in [1.807, 2.05) is 25.1 Å².